The molecule has 3 rings (SSSR count). The fourth-order valence-electron chi connectivity index (χ4n) is 2.43. The van der Waals surface area contributed by atoms with Gasteiger partial charge in [-0.2, -0.15) is 8.42 Å². The first-order chi connectivity index (χ1) is 12.5. The first-order valence-electron chi connectivity index (χ1n) is 8.15. The quantitative estimate of drug-likeness (QED) is 0.481. The number of nitrogens with zero attached hydrogens (tertiary/aromatic N) is 1. The van der Waals surface area contributed by atoms with Gasteiger partial charge in [-0.25, -0.2) is 0 Å². The highest BCUT2D eigenvalue weighted by molar-refractivity contribution is 7.87. The number of hydrogen-bond donors (Lipinski definition) is 0. The zero-order valence-electron chi connectivity index (χ0n) is 14.6. The molecular weight excluding hydrogens is 346 g/mol. The summed E-state index contributed by atoms with van der Waals surface area (Å²) in [7, 11) is -3.85. The second kappa shape index (κ2) is 7.54. The number of aryl methyl sites for hydroxylation is 1. The summed E-state index contributed by atoms with van der Waals surface area (Å²) in [5.74, 6) is 0.249. The first-order valence-corrected chi connectivity index (χ1v) is 9.56. The molecule has 0 aliphatic carbocycles. The molecular formula is C21H19NO3S. The predicted molar refractivity (Wildman–Crippen MR) is 104 cm³/mol. The highest BCUT2D eigenvalue weighted by atomic mass is 32.2. The molecule has 0 fully saturated rings. The Morgan fingerprint density at radius 1 is 0.885 bits per heavy atom. The van der Waals surface area contributed by atoms with Gasteiger partial charge in [-0.1, -0.05) is 42.5 Å². The number of aliphatic imine (C=N–C) groups is 1. The molecule has 0 saturated heterocycles. The number of rotatable bonds is 5. The van der Waals surface area contributed by atoms with E-state index in [1.165, 1.54) is 17.7 Å². The van der Waals surface area contributed by atoms with Crippen molar-refractivity contribution in [2.24, 2.45) is 4.99 Å². The lowest BCUT2D eigenvalue weighted by molar-refractivity contribution is 0.486. The predicted octanol–water partition coefficient (Wildman–Crippen LogP) is 4.82. The molecule has 0 spiro atoms. The summed E-state index contributed by atoms with van der Waals surface area (Å²) in [4.78, 5) is 4.62. The standard InChI is InChI=1S/C21H19NO3S/c1-16-8-6-13-21(17(16)2)22-15-18-9-7-10-19(14-18)25-26(23,24)20-11-4-3-5-12-20/h3-15H,1-2H3. The first kappa shape index (κ1) is 17.9. The normalized spacial score (nSPS) is 11.6. The second-order valence-electron chi connectivity index (χ2n) is 5.90. The van der Waals surface area contributed by atoms with Crippen molar-refractivity contribution in [2.75, 3.05) is 0 Å². The summed E-state index contributed by atoms with van der Waals surface area (Å²) in [6.45, 7) is 4.06. The van der Waals surface area contributed by atoms with Crippen LogP contribution in [0, 0.1) is 13.8 Å². The van der Waals surface area contributed by atoms with Gasteiger partial charge in [-0.05, 0) is 60.9 Å². The lowest BCUT2D eigenvalue weighted by Gasteiger charge is -2.07. The van der Waals surface area contributed by atoms with Crippen molar-refractivity contribution in [1.29, 1.82) is 0 Å². The van der Waals surface area contributed by atoms with Gasteiger partial charge in [0.25, 0.3) is 0 Å². The Morgan fingerprint density at radius 2 is 1.62 bits per heavy atom. The molecule has 0 radical (unpaired) electrons. The largest absolute Gasteiger partial charge is 0.379 e. The molecule has 3 aromatic carbocycles. The van der Waals surface area contributed by atoms with Gasteiger partial charge in [0.05, 0.1) is 5.69 Å². The van der Waals surface area contributed by atoms with Crippen LogP contribution in [0.25, 0.3) is 0 Å². The van der Waals surface area contributed by atoms with Crippen molar-refractivity contribution in [3.05, 3.63) is 89.5 Å². The highest BCUT2D eigenvalue weighted by Gasteiger charge is 2.15. The van der Waals surface area contributed by atoms with Crippen LogP contribution in [0.1, 0.15) is 16.7 Å². The van der Waals surface area contributed by atoms with Gasteiger partial charge in [0.1, 0.15) is 10.6 Å². The summed E-state index contributed by atoms with van der Waals surface area (Å²) in [5, 5.41) is 0. The molecule has 0 N–H and O–H groups in total. The molecule has 0 amide bonds. The van der Waals surface area contributed by atoms with Crippen LogP contribution in [0.15, 0.2) is 82.7 Å². The Morgan fingerprint density at radius 3 is 2.38 bits per heavy atom. The lowest BCUT2D eigenvalue weighted by Crippen LogP contribution is -2.09. The summed E-state index contributed by atoms with van der Waals surface area (Å²) in [6.07, 6.45) is 1.70. The van der Waals surface area contributed by atoms with E-state index in [4.69, 9.17) is 4.18 Å². The van der Waals surface area contributed by atoms with Gasteiger partial charge in [0, 0.05) is 6.21 Å². The molecule has 0 aliphatic rings. The van der Waals surface area contributed by atoms with Crippen LogP contribution >= 0.6 is 0 Å². The Kier molecular flexibility index (Phi) is 5.19. The SMILES string of the molecule is Cc1cccc(N=Cc2cccc(OS(=O)(=O)c3ccccc3)c2)c1C. The summed E-state index contributed by atoms with van der Waals surface area (Å²) >= 11 is 0. The number of benzene rings is 3. The maximum atomic E-state index is 12.3. The van der Waals surface area contributed by atoms with Gasteiger partial charge in [-0.3, -0.25) is 4.99 Å². The maximum Gasteiger partial charge on any atom is 0.339 e. The molecule has 0 heterocycles. The van der Waals surface area contributed by atoms with Crippen LogP contribution in [-0.4, -0.2) is 14.6 Å². The summed E-state index contributed by atoms with van der Waals surface area (Å²) in [6, 6.07) is 20.8. The zero-order valence-corrected chi connectivity index (χ0v) is 15.4. The third-order valence-electron chi connectivity index (χ3n) is 4.02. The van der Waals surface area contributed by atoms with Crippen molar-refractivity contribution in [3.8, 4) is 5.75 Å². The van der Waals surface area contributed by atoms with E-state index < -0.39 is 10.1 Å². The summed E-state index contributed by atoms with van der Waals surface area (Å²) in [5.41, 5.74) is 3.92. The molecule has 26 heavy (non-hydrogen) atoms. The van der Waals surface area contributed by atoms with Gasteiger partial charge < -0.3 is 4.18 Å². The monoisotopic (exact) mass is 365 g/mol. The molecule has 0 saturated carbocycles. The van der Waals surface area contributed by atoms with Gasteiger partial charge in [0.2, 0.25) is 0 Å². The van der Waals surface area contributed by atoms with Crippen LogP contribution in [0.5, 0.6) is 5.75 Å². The topological polar surface area (TPSA) is 55.7 Å². The minimum atomic E-state index is -3.85. The van der Waals surface area contributed by atoms with Gasteiger partial charge in [-0.15, -0.1) is 0 Å². The van der Waals surface area contributed by atoms with Crippen LogP contribution in [-0.2, 0) is 10.1 Å². The summed E-state index contributed by atoms with van der Waals surface area (Å²) < 4.78 is 29.9. The van der Waals surface area contributed by atoms with Crippen molar-refractivity contribution < 1.29 is 12.6 Å². The van der Waals surface area contributed by atoms with E-state index in [0.29, 0.717) is 0 Å². The van der Waals surface area contributed by atoms with Gasteiger partial charge >= 0.3 is 10.1 Å². The molecule has 132 valence electrons. The van der Waals surface area contributed by atoms with E-state index in [9.17, 15) is 8.42 Å². The third-order valence-corrected chi connectivity index (χ3v) is 5.29. The Labute approximate surface area is 153 Å². The minimum Gasteiger partial charge on any atom is -0.379 e. The Balaban J connectivity index is 1.83. The second-order valence-corrected chi connectivity index (χ2v) is 7.45. The smallest absolute Gasteiger partial charge is 0.339 e. The average molecular weight is 365 g/mol. The molecule has 4 nitrogen and oxygen atoms in total. The van der Waals surface area contributed by atoms with Crippen LogP contribution < -0.4 is 4.18 Å². The molecule has 0 aliphatic heterocycles. The van der Waals surface area contributed by atoms with E-state index in [-0.39, 0.29) is 10.6 Å². The minimum absolute atomic E-state index is 0.120. The van der Waals surface area contributed by atoms with E-state index in [0.717, 1.165) is 16.8 Å². The molecule has 3 aromatic rings. The van der Waals surface area contributed by atoms with Crippen molar-refractivity contribution in [2.45, 2.75) is 18.7 Å². The maximum absolute atomic E-state index is 12.3. The molecule has 0 bridgehead atoms. The van der Waals surface area contributed by atoms with Crippen LogP contribution in [0.3, 0.4) is 0 Å². The Bertz CT molecular complexity index is 1040. The molecule has 0 atom stereocenters. The van der Waals surface area contributed by atoms with Crippen LogP contribution in [0.4, 0.5) is 5.69 Å². The zero-order chi connectivity index (χ0) is 18.6. The van der Waals surface area contributed by atoms with E-state index in [1.54, 1.807) is 42.6 Å². The van der Waals surface area contributed by atoms with E-state index in [1.807, 2.05) is 38.1 Å². The fourth-order valence-corrected chi connectivity index (χ4v) is 3.37. The average Bonchev–Trinajstić information content (AvgIpc) is 2.64. The van der Waals surface area contributed by atoms with Gasteiger partial charge in [0.15, 0.2) is 0 Å². The van der Waals surface area contributed by atoms with E-state index in [2.05, 4.69) is 4.99 Å². The van der Waals surface area contributed by atoms with E-state index >= 15 is 0 Å². The molecule has 5 heteroatoms. The molecule has 0 aromatic heterocycles. The number of hydrogen-bond acceptors (Lipinski definition) is 4. The third kappa shape index (κ3) is 4.18. The van der Waals surface area contributed by atoms with Crippen molar-refractivity contribution in [3.63, 3.8) is 0 Å². The Hall–Kier alpha value is -2.92. The fraction of sp³-hybridized carbons (Fsp3) is 0.0952. The van der Waals surface area contributed by atoms with Crippen molar-refractivity contribution >= 4 is 22.0 Å². The van der Waals surface area contributed by atoms with Crippen LogP contribution in [0.2, 0.25) is 0 Å². The lowest BCUT2D eigenvalue weighted by atomic mass is 10.1. The van der Waals surface area contributed by atoms with Crippen molar-refractivity contribution in [1.82, 2.24) is 0 Å². The highest BCUT2D eigenvalue weighted by Crippen LogP contribution is 2.22. The molecule has 0 unspecified atom stereocenters.